The molecule has 0 amide bonds. The maximum atomic E-state index is 15.3. The van der Waals surface area contributed by atoms with Gasteiger partial charge in [0.05, 0.1) is 41.2 Å². The van der Waals surface area contributed by atoms with Gasteiger partial charge < -0.3 is 28.6 Å². The monoisotopic (exact) mass is 895 g/mol. The summed E-state index contributed by atoms with van der Waals surface area (Å²) in [6, 6.07) is 17.8. The van der Waals surface area contributed by atoms with Crippen molar-refractivity contribution in [2.45, 2.75) is 140 Å². The Labute approximate surface area is 363 Å². The molecule has 2 atom stereocenters. The first-order chi connectivity index (χ1) is 28.8. The lowest BCUT2D eigenvalue weighted by atomic mass is 9.67. The SMILES string of the molecule is C[Si](C)(C)CCOCN1c2cnn(COCC[Si](C)(C)C)c(=O)c2C(CCc2ccccc2)(c2cnn(COCC[Si](C)(C)C)c2)C1c1ccc(OC(F)F)c(OC2CC2)c1. The average molecular weight is 896 g/mol. The third-order valence-electron chi connectivity index (χ3n) is 11.3. The highest BCUT2D eigenvalue weighted by atomic mass is 28.3. The molecule has 3 heterocycles. The van der Waals surface area contributed by atoms with Crippen LogP contribution in [0.3, 0.4) is 0 Å². The van der Waals surface area contributed by atoms with E-state index in [4.69, 9.17) is 33.9 Å². The number of aryl methyl sites for hydroxylation is 1. The summed E-state index contributed by atoms with van der Waals surface area (Å²) >= 11 is 0. The molecule has 334 valence electrons. The van der Waals surface area contributed by atoms with E-state index in [9.17, 15) is 8.78 Å². The van der Waals surface area contributed by atoms with E-state index < -0.39 is 42.3 Å². The molecule has 1 saturated carbocycles. The third-order valence-corrected chi connectivity index (χ3v) is 16.4. The maximum Gasteiger partial charge on any atom is 0.387 e. The minimum Gasteiger partial charge on any atom is -0.487 e. The second-order valence-electron chi connectivity index (χ2n) is 20.3. The number of hydrogen-bond donors (Lipinski definition) is 0. The van der Waals surface area contributed by atoms with E-state index in [0.29, 0.717) is 43.9 Å². The zero-order valence-corrected chi connectivity index (χ0v) is 40.7. The van der Waals surface area contributed by atoms with E-state index in [0.717, 1.165) is 47.7 Å². The summed E-state index contributed by atoms with van der Waals surface area (Å²) in [6.45, 7) is 19.9. The zero-order valence-electron chi connectivity index (χ0n) is 37.7. The fourth-order valence-corrected chi connectivity index (χ4v) is 9.94. The Balaban J connectivity index is 1.54. The molecule has 1 fully saturated rings. The van der Waals surface area contributed by atoms with Crippen molar-refractivity contribution in [3.8, 4) is 11.5 Å². The Hall–Kier alpha value is -3.68. The smallest absolute Gasteiger partial charge is 0.387 e. The van der Waals surface area contributed by atoms with E-state index >= 15 is 4.79 Å². The van der Waals surface area contributed by atoms with Gasteiger partial charge in [0.15, 0.2) is 11.5 Å². The van der Waals surface area contributed by atoms with Crippen molar-refractivity contribution in [1.82, 2.24) is 19.6 Å². The molecule has 0 N–H and O–H groups in total. The molecule has 2 aromatic carbocycles. The van der Waals surface area contributed by atoms with Crippen molar-refractivity contribution in [3.05, 3.63) is 99.7 Å². The lowest BCUT2D eigenvalue weighted by Crippen LogP contribution is -2.42. The van der Waals surface area contributed by atoms with Crippen LogP contribution in [0.2, 0.25) is 77.1 Å². The Morgan fingerprint density at radius 2 is 1.39 bits per heavy atom. The average Bonchev–Trinajstić information content (AvgIpc) is 3.78. The molecular weight excluding hydrogens is 829 g/mol. The molecule has 2 unspecified atom stereocenters. The van der Waals surface area contributed by atoms with Crippen LogP contribution < -0.4 is 19.9 Å². The van der Waals surface area contributed by atoms with E-state index in [-0.39, 0.29) is 43.4 Å². The van der Waals surface area contributed by atoms with Crippen LogP contribution in [-0.2, 0) is 39.5 Å². The van der Waals surface area contributed by atoms with Gasteiger partial charge in [0.2, 0.25) is 0 Å². The van der Waals surface area contributed by atoms with Gasteiger partial charge in [0.25, 0.3) is 5.56 Å². The number of hydrogen-bond acceptors (Lipinski definition) is 9. The molecular formula is C45H67F2N5O6Si3. The summed E-state index contributed by atoms with van der Waals surface area (Å²) in [4.78, 5) is 17.5. The quantitative estimate of drug-likeness (QED) is 0.0503. The van der Waals surface area contributed by atoms with E-state index in [1.54, 1.807) is 16.9 Å². The number of aromatic nitrogens is 4. The third kappa shape index (κ3) is 12.7. The number of benzene rings is 2. The number of fused-ring (bicyclic) bond motifs is 1. The minimum atomic E-state index is -3.03. The highest BCUT2D eigenvalue weighted by Crippen LogP contribution is 2.58. The van der Waals surface area contributed by atoms with Gasteiger partial charge in [0, 0.05) is 55.8 Å². The molecule has 0 bridgehead atoms. The van der Waals surface area contributed by atoms with E-state index in [1.165, 1.54) is 4.68 Å². The van der Waals surface area contributed by atoms with Crippen molar-refractivity contribution in [2.75, 3.05) is 31.5 Å². The van der Waals surface area contributed by atoms with Crippen LogP contribution in [0.5, 0.6) is 11.5 Å². The van der Waals surface area contributed by atoms with Crippen LogP contribution in [-0.4, -0.2) is 83.0 Å². The lowest BCUT2D eigenvalue weighted by molar-refractivity contribution is -0.0516. The summed E-state index contributed by atoms with van der Waals surface area (Å²) in [5.41, 5.74) is 2.57. The predicted octanol–water partition coefficient (Wildman–Crippen LogP) is 10.00. The molecule has 0 radical (unpaired) electrons. The number of ether oxygens (including phenoxy) is 5. The highest BCUT2D eigenvalue weighted by molar-refractivity contribution is 6.76. The predicted molar refractivity (Wildman–Crippen MR) is 245 cm³/mol. The first-order valence-corrected chi connectivity index (χ1v) is 32.9. The zero-order chi connectivity index (χ0) is 44.0. The molecule has 0 saturated heterocycles. The van der Waals surface area contributed by atoms with Gasteiger partial charge in [0.1, 0.15) is 20.2 Å². The Morgan fingerprint density at radius 3 is 2.00 bits per heavy atom. The molecule has 1 aliphatic heterocycles. The van der Waals surface area contributed by atoms with E-state index in [1.807, 2.05) is 42.7 Å². The van der Waals surface area contributed by atoms with Gasteiger partial charge in [-0.05, 0) is 67.1 Å². The molecule has 2 aromatic heterocycles. The van der Waals surface area contributed by atoms with Gasteiger partial charge in [-0.25, -0.2) is 9.36 Å². The van der Waals surface area contributed by atoms with Crippen LogP contribution in [0.1, 0.15) is 47.6 Å². The molecule has 0 spiro atoms. The van der Waals surface area contributed by atoms with Crippen LogP contribution in [0.4, 0.5) is 14.5 Å². The fraction of sp³-hybridized carbons (Fsp3) is 0.578. The standard InChI is InChI=1S/C45H67F2N5O6Si3/c1-59(2,3)24-21-54-31-50-30-36(28-48-50)45(20-19-34-13-11-10-12-14-34)41-38(29-49-52(43(41)53)33-56-23-26-61(7,8)9)51(32-55-22-25-60(4,5)6)42(45)35-15-18-39(58-44(46)47)40(27-35)57-37-16-17-37/h10-15,18,27-30,37,42,44H,16-17,19-26,31-33H2,1-9H3. The van der Waals surface area contributed by atoms with Crippen molar-refractivity contribution in [3.63, 3.8) is 0 Å². The van der Waals surface area contributed by atoms with Crippen LogP contribution in [0.15, 0.2) is 71.9 Å². The largest absolute Gasteiger partial charge is 0.487 e. The van der Waals surface area contributed by atoms with Crippen molar-refractivity contribution >= 4 is 29.9 Å². The van der Waals surface area contributed by atoms with Crippen molar-refractivity contribution in [1.29, 1.82) is 0 Å². The van der Waals surface area contributed by atoms with Crippen LogP contribution in [0, 0.1) is 0 Å². The summed E-state index contributed by atoms with van der Waals surface area (Å²) in [7, 11) is -4.17. The van der Waals surface area contributed by atoms with Crippen molar-refractivity contribution in [2.24, 2.45) is 0 Å². The van der Waals surface area contributed by atoms with Crippen LogP contribution in [0.25, 0.3) is 0 Å². The second kappa shape index (κ2) is 19.8. The Bertz CT molecular complexity index is 2100. The molecule has 11 nitrogen and oxygen atoms in total. The minimum absolute atomic E-state index is 0.00592. The van der Waals surface area contributed by atoms with Gasteiger partial charge in [-0.1, -0.05) is 95.3 Å². The number of rotatable bonds is 24. The van der Waals surface area contributed by atoms with Gasteiger partial charge in [-0.2, -0.15) is 19.0 Å². The summed E-state index contributed by atoms with van der Waals surface area (Å²) in [5, 5.41) is 9.58. The highest BCUT2D eigenvalue weighted by Gasteiger charge is 2.56. The van der Waals surface area contributed by atoms with Crippen LogP contribution >= 0.6 is 0 Å². The Kier molecular flexibility index (Phi) is 15.2. The maximum absolute atomic E-state index is 15.3. The first kappa shape index (κ1) is 46.8. The summed E-state index contributed by atoms with van der Waals surface area (Å²) in [5.74, 6) is 0.211. The van der Waals surface area contributed by atoms with Gasteiger partial charge in [-0.3, -0.25) is 4.79 Å². The van der Waals surface area contributed by atoms with E-state index in [2.05, 4.69) is 76.0 Å². The number of anilines is 1. The number of halogens is 2. The van der Waals surface area contributed by atoms with Crippen molar-refractivity contribution < 1.29 is 32.5 Å². The molecule has 2 aliphatic rings. The molecule has 1 aliphatic carbocycles. The second-order valence-corrected chi connectivity index (χ2v) is 37.1. The Morgan fingerprint density at radius 1 is 0.770 bits per heavy atom. The normalized spacial score (nSPS) is 18.2. The topological polar surface area (TPSA) is 102 Å². The number of nitrogens with zero attached hydrogens (tertiary/aromatic N) is 5. The lowest BCUT2D eigenvalue weighted by Gasteiger charge is -2.39. The molecule has 16 heteroatoms. The summed E-state index contributed by atoms with van der Waals surface area (Å²) in [6.07, 6.45) is 8.29. The summed E-state index contributed by atoms with van der Waals surface area (Å²) < 4.78 is 61.1. The fourth-order valence-electron chi connectivity index (χ4n) is 7.67. The van der Waals surface area contributed by atoms with Gasteiger partial charge in [-0.15, -0.1) is 0 Å². The first-order valence-electron chi connectivity index (χ1n) is 21.8. The molecule has 4 aromatic rings. The number of alkyl halides is 2. The van der Waals surface area contributed by atoms with Gasteiger partial charge >= 0.3 is 6.61 Å². The molecule has 61 heavy (non-hydrogen) atoms. The molecule has 6 rings (SSSR count).